The van der Waals surface area contributed by atoms with Crippen molar-refractivity contribution >= 4 is 23.4 Å². The minimum atomic E-state index is 0.0834. The molecule has 1 amide bonds. The molecule has 3 aromatic rings. The van der Waals surface area contributed by atoms with Crippen LogP contribution in [0, 0.1) is 6.92 Å². The fourth-order valence-electron chi connectivity index (χ4n) is 3.29. The monoisotopic (exact) mass is 394 g/mol. The molecule has 0 bridgehead atoms. The smallest absolute Gasteiger partial charge is 0.255 e. The SMILES string of the molecule is Cc1nc(CSc2ccccc2C(=O)N2CCN(c3ccccc3)CC2)no1. The summed E-state index contributed by atoms with van der Waals surface area (Å²) >= 11 is 1.56. The minimum absolute atomic E-state index is 0.0834. The first-order chi connectivity index (χ1) is 13.7. The van der Waals surface area contributed by atoms with Crippen LogP contribution in [0.4, 0.5) is 5.69 Å². The molecule has 1 aliphatic heterocycles. The molecule has 0 radical (unpaired) electrons. The van der Waals surface area contributed by atoms with Crippen LogP contribution in [0.2, 0.25) is 0 Å². The Balaban J connectivity index is 1.41. The number of hydrogen-bond acceptors (Lipinski definition) is 6. The summed E-state index contributed by atoms with van der Waals surface area (Å²) in [4.78, 5) is 22.6. The molecule has 7 heteroatoms. The van der Waals surface area contributed by atoms with Crippen molar-refractivity contribution in [2.75, 3.05) is 31.1 Å². The maximum absolute atomic E-state index is 13.1. The second-order valence-electron chi connectivity index (χ2n) is 6.63. The molecule has 0 atom stereocenters. The normalized spacial score (nSPS) is 14.3. The van der Waals surface area contributed by atoms with Gasteiger partial charge in [-0.25, -0.2) is 0 Å². The predicted octanol–water partition coefficient (Wildman–Crippen LogP) is 3.63. The molecule has 1 aromatic heterocycles. The van der Waals surface area contributed by atoms with Gasteiger partial charge in [-0.3, -0.25) is 4.79 Å². The van der Waals surface area contributed by atoms with E-state index in [2.05, 4.69) is 27.2 Å². The van der Waals surface area contributed by atoms with Crippen LogP contribution in [0.1, 0.15) is 22.1 Å². The van der Waals surface area contributed by atoms with Gasteiger partial charge in [-0.15, -0.1) is 11.8 Å². The van der Waals surface area contributed by atoms with Gasteiger partial charge in [0.1, 0.15) is 0 Å². The lowest BCUT2D eigenvalue weighted by atomic mass is 10.1. The number of para-hydroxylation sites is 1. The maximum atomic E-state index is 13.1. The second-order valence-corrected chi connectivity index (χ2v) is 7.65. The molecule has 0 aliphatic carbocycles. The highest BCUT2D eigenvalue weighted by molar-refractivity contribution is 7.98. The number of thioether (sulfide) groups is 1. The molecule has 6 nitrogen and oxygen atoms in total. The Hall–Kier alpha value is -2.80. The van der Waals surface area contributed by atoms with Crippen LogP contribution < -0.4 is 4.90 Å². The van der Waals surface area contributed by atoms with Gasteiger partial charge in [-0.05, 0) is 24.3 Å². The van der Waals surface area contributed by atoms with E-state index < -0.39 is 0 Å². The fraction of sp³-hybridized carbons (Fsp3) is 0.286. The first-order valence-corrected chi connectivity index (χ1v) is 10.3. The van der Waals surface area contributed by atoms with E-state index in [0.29, 0.717) is 17.5 Å². The van der Waals surface area contributed by atoms with Crippen molar-refractivity contribution in [2.45, 2.75) is 17.6 Å². The topological polar surface area (TPSA) is 62.5 Å². The summed E-state index contributed by atoms with van der Waals surface area (Å²) in [5.41, 5.74) is 1.95. The number of amides is 1. The summed E-state index contributed by atoms with van der Waals surface area (Å²) in [5.74, 6) is 1.85. The number of aromatic nitrogens is 2. The molecule has 1 fully saturated rings. The first-order valence-electron chi connectivity index (χ1n) is 9.31. The summed E-state index contributed by atoms with van der Waals surface area (Å²) in [7, 11) is 0. The van der Waals surface area contributed by atoms with Crippen molar-refractivity contribution in [3.8, 4) is 0 Å². The van der Waals surface area contributed by atoms with Crippen molar-refractivity contribution in [1.82, 2.24) is 15.0 Å². The van der Waals surface area contributed by atoms with Crippen molar-refractivity contribution in [2.24, 2.45) is 0 Å². The molecule has 4 rings (SSSR count). The number of piperazine rings is 1. The van der Waals surface area contributed by atoms with Gasteiger partial charge in [-0.2, -0.15) is 4.98 Å². The van der Waals surface area contributed by atoms with Crippen LogP contribution >= 0.6 is 11.8 Å². The van der Waals surface area contributed by atoms with Crippen LogP contribution in [0.15, 0.2) is 64.0 Å². The fourth-order valence-corrected chi connectivity index (χ4v) is 4.18. The van der Waals surface area contributed by atoms with E-state index in [1.807, 2.05) is 47.4 Å². The molecule has 1 aliphatic rings. The average molecular weight is 395 g/mol. The molecule has 0 spiro atoms. The molecule has 28 heavy (non-hydrogen) atoms. The summed E-state index contributed by atoms with van der Waals surface area (Å²) < 4.78 is 5.02. The summed E-state index contributed by atoms with van der Waals surface area (Å²) in [6.07, 6.45) is 0. The summed E-state index contributed by atoms with van der Waals surface area (Å²) in [6.45, 7) is 4.89. The van der Waals surface area contributed by atoms with Crippen molar-refractivity contribution in [1.29, 1.82) is 0 Å². The van der Waals surface area contributed by atoms with Crippen LogP contribution in [-0.4, -0.2) is 47.1 Å². The lowest BCUT2D eigenvalue weighted by Crippen LogP contribution is -2.48. The molecular formula is C21H22N4O2S. The Labute approximate surface area is 168 Å². The highest BCUT2D eigenvalue weighted by atomic mass is 32.2. The Kier molecular flexibility index (Phi) is 5.62. The van der Waals surface area contributed by atoms with Crippen molar-refractivity contribution < 1.29 is 9.32 Å². The second kappa shape index (κ2) is 8.48. The number of anilines is 1. The highest BCUT2D eigenvalue weighted by Crippen LogP contribution is 2.27. The third kappa shape index (κ3) is 4.20. The van der Waals surface area contributed by atoms with E-state index in [-0.39, 0.29) is 5.91 Å². The number of benzene rings is 2. The van der Waals surface area contributed by atoms with Gasteiger partial charge in [-0.1, -0.05) is 35.5 Å². The average Bonchev–Trinajstić information content (AvgIpc) is 3.18. The molecule has 1 saturated heterocycles. The molecule has 0 N–H and O–H groups in total. The van der Waals surface area contributed by atoms with Gasteiger partial charge >= 0.3 is 0 Å². The number of nitrogens with zero attached hydrogens (tertiary/aromatic N) is 4. The van der Waals surface area contributed by atoms with Crippen molar-refractivity contribution in [3.63, 3.8) is 0 Å². The van der Waals surface area contributed by atoms with Gasteiger partial charge in [0.15, 0.2) is 5.82 Å². The number of rotatable bonds is 5. The van der Waals surface area contributed by atoms with Crippen molar-refractivity contribution in [3.05, 3.63) is 71.9 Å². The first kappa shape index (κ1) is 18.6. The van der Waals surface area contributed by atoms with E-state index >= 15 is 0 Å². The van der Waals surface area contributed by atoms with E-state index in [9.17, 15) is 4.79 Å². The summed E-state index contributed by atoms with van der Waals surface area (Å²) in [5, 5.41) is 3.92. The van der Waals surface area contributed by atoms with Crippen LogP contribution in [0.3, 0.4) is 0 Å². The maximum Gasteiger partial charge on any atom is 0.255 e. The molecule has 2 heterocycles. The zero-order valence-corrected chi connectivity index (χ0v) is 16.6. The molecular weight excluding hydrogens is 372 g/mol. The van der Waals surface area contributed by atoms with Gasteiger partial charge in [0, 0.05) is 43.7 Å². The van der Waals surface area contributed by atoms with Gasteiger partial charge < -0.3 is 14.3 Å². The van der Waals surface area contributed by atoms with E-state index in [1.165, 1.54) is 5.69 Å². The molecule has 144 valence electrons. The molecule has 2 aromatic carbocycles. The predicted molar refractivity (Wildman–Crippen MR) is 110 cm³/mol. The largest absolute Gasteiger partial charge is 0.368 e. The molecule has 0 saturated carbocycles. The zero-order valence-electron chi connectivity index (χ0n) is 15.7. The minimum Gasteiger partial charge on any atom is -0.368 e. The third-order valence-electron chi connectivity index (χ3n) is 4.73. The summed E-state index contributed by atoms with van der Waals surface area (Å²) in [6, 6.07) is 18.1. The van der Waals surface area contributed by atoms with Gasteiger partial charge in [0.25, 0.3) is 5.91 Å². The zero-order chi connectivity index (χ0) is 19.3. The lowest BCUT2D eigenvalue weighted by molar-refractivity contribution is 0.0743. The van der Waals surface area contributed by atoms with E-state index in [4.69, 9.17) is 4.52 Å². The molecule has 0 unspecified atom stereocenters. The van der Waals surface area contributed by atoms with Gasteiger partial charge in [0.05, 0.1) is 11.3 Å². The quantitative estimate of drug-likeness (QED) is 0.616. The number of carbonyl (C=O) groups is 1. The Bertz CT molecular complexity index is 936. The van der Waals surface area contributed by atoms with Crippen LogP contribution in [0.5, 0.6) is 0 Å². The highest BCUT2D eigenvalue weighted by Gasteiger charge is 2.24. The Morgan fingerprint density at radius 3 is 2.46 bits per heavy atom. The standard InChI is InChI=1S/C21H22N4O2S/c1-16-22-20(23-27-16)15-28-19-10-6-5-9-18(19)21(26)25-13-11-24(12-14-25)17-7-3-2-4-8-17/h2-10H,11-15H2,1H3. The van der Waals surface area contributed by atoms with Crippen LogP contribution in [0.25, 0.3) is 0 Å². The number of aryl methyl sites for hydroxylation is 1. The van der Waals surface area contributed by atoms with E-state index in [0.717, 1.165) is 36.6 Å². The Morgan fingerprint density at radius 1 is 1.04 bits per heavy atom. The number of hydrogen-bond donors (Lipinski definition) is 0. The lowest BCUT2D eigenvalue weighted by Gasteiger charge is -2.36. The van der Waals surface area contributed by atoms with E-state index in [1.54, 1.807) is 18.7 Å². The third-order valence-corrected chi connectivity index (χ3v) is 5.80. The van der Waals surface area contributed by atoms with Gasteiger partial charge in [0.2, 0.25) is 5.89 Å². The number of carbonyl (C=O) groups excluding carboxylic acids is 1. The Morgan fingerprint density at radius 2 is 1.75 bits per heavy atom. The van der Waals surface area contributed by atoms with Crippen LogP contribution in [-0.2, 0) is 5.75 Å².